The van der Waals surface area contributed by atoms with Gasteiger partial charge in [0.25, 0.3) is 10.0 Å². The van der Waals surface area contributed by atoms with E-state index >= 15 is 0 Å². The fourth-order valence-corrected chi connectivity index (χ4v) is 5.10. The Bertz CT molecular complexity index is 1160. The Hall–Kier alpha value is -3.47. The van der Waals surface area contributed by atoms with Crippen LogP contribution in [0.15, 0.2) is 41.3 Å². The monoisotopic (exact) mass is 492 g/mol. The van der Waals surface area contributed by atoms with Gasteiger partial charge in [-0.2, -0.15) is 0 Å². The number of carboxylic acid groups (broad SMARTS) is 1. The first-order chi connectivity index (χ1) is 16.2. The first-order valence-corrected chi connectivity index (χ1v) is 12.2. The van der Waals surface area contributed by atoms with Gasteiger partial charge in [0, 0.05) is 24.8 Å². The Balaban J connectivity index is 1.84. The van der Waals surface area contributed by atoms with Crippen LogP contribution in [0.5, 0.6) is 11.5 Å². The molecular formula is C23H28N2O8S. The van der Waals surface area contributed by atoms with Crippen LogP contribution >= 0.6 is 0 Å². The van der Waals surface area contributed by atoms with E-state index in [-0.39, 0.29) is 33.8 Å². The van der Waals surface area contributed by atoms with Crippen LogP contribution in [-0.4, -0.2) is 59.4 Å². The molecule has 1 aliphatic rings. The molecule has 0 aliphatic carbocycles. The zero-order chi connectivity index (χ0) is 24.9. The third kappa shape index (κ3) is 5.53. The number of anilines is 2. The highest BCUT2D eigenvalue weighted by atomic mass is 32.2. The average molecular weight is 493 g/mol. The van der Waals surface area contributed by atoms with Crippen molar-refractivity contribution in [2.24, 2.45) is 5.92 Å². The number of benzene rings is 2. The molecule has 1 fully saturated rings. The number of hydrogen-bond donors (Lipinski definition) is 2. The molecule has 2 N–H and O–H groups in total. The van der Waals surface area contributed by atoms with E-state index in [4.69, 9.17) is 14.2 Å². The summed E-state index contributed by atoms with van der Waals surface area (Å²) >= 11 is 0. The third-order valence-electron chi connectivity index (χ3n) is 5.60. The fraction of sp³-hybridized carbons (Fsp3) is 0.391. The van der Waals surface area contributed by atoms with E-state index in [1.54, 1.807) is 19.1 Å². The van der Waals surface area contributed by atoms with Crippen LogP contribution in [0.3, 0.4) is 0 Å². The number of carbonyl (C=O) groups excluding carboxylic acids is 1. The zero-order valence-electron chi connectivity index (χ0n) is 19.2. The van der Waals surface area contributed by atoms with Gasteiger partial charge in [-0.1, -0.05) is 0 Å². The highest BCUT2D eigenvalue weighted by Crippen LogP contribution is 2.32. The summed E-state index contributed by atoms with van der Waals surface area (Å²) in [5.41, 5.74) is 0.497. The maximum atomic E-state index is 13.0. The highest BCUT2D eigenvalue weighted by molar-refractivity contribution is 7.92. The topological polar surface area (TPSA) is 131 Å². The van der Waals surface area contributed by atoms with Gasteiger partial charge in [0.2, 0.25) is 0 Å². The SMILES string of the molecule is CCOC(=O)C1CCN(c2ccc(NS(=O)(=O)c3cc(OC)ccc3OC)cc2C(=O)O)CC1. The number of carbonyl (C=O) groups is 2. The lowest BCUT2D eigenvalue weighted by molar-refractivity contribution is -0.148. The predicted octanol–water partition coefficient (Wildman–Crippen LogP) is 2.98. The Morgan fingerprint density at radius 3 is 2.38 bits per heavy atom. The van der Waals surface area contributed by atoms with E-state index in [1.807, 2.05) is 4.90 Å². The molecule has 0 atom stereocenters. The Kier molecular flexibility index (Phi) is 7.87. The minimum Gasteiger partial charge on any atom is -0.497 e. The molecule has 1 saturated heterocycles. The smallest absolute Gasteiger partial charge is 0.337 e. The second kappa shape index (κ2) is 10.6. The average Bonchev–Trinajstić information content (AvgIpc) is 2.83. The van der Waals surface area contributed by atoms with Crippen molar-refractivity contribution in [2.75, 3.05) is 43.5 Å². The van der Waals surface area contributed by atoms with Crippen molar-refractivity contribution in [2.45, 2.75) is 24.7 Å². The Labute approximate surface area is 198 Å². The number of hydrogen-bond acceptors (Lipinski definition) is 8. The van der Waals surface area contributed by atoms with Crippen LogP contribution < -0.4 is 19.1 Å². The summed E-state index contributed by atoms with van der Waals surface area (Å²) in [6, 6.07) is 8.71. The highest BCUT2D eigenvalue weighted by Gasteiger charge is 2.28. The van der Waals surface area contributed by atoms with E-state index in [9.17, 15) is 23.1 Å². The Morgan fingerprint density at radius 1 is 1.09 bits per heavy atom. The maximum Gasteiger partial charge on any atom is 0.337 e. The van der Waals surface area contributed by atoms with Crippen molar-refractivity contribution in [3.05, 3.63) is 42.0 Å². The summed E-state index contributed by atoms with van der Waals surface area (Å²) in [7, 11) is -1.34. The summed E-state index contributed by atoms with van der Waals surface area (Å²) in [5, 5.41) is 9.78. The molecule has 1 aliphatic heterocycles. The number of esters is 1. The molecule has 0 radical (unpaired) electrons. The lowest BCUT2D eigenvalue weighted by Crippen LogP contribution is -2.37. The summed E-state index contributed by atoms with van der Waals surface area (Å²) < 4.78 is 43.8. The minimum absolute atomic E-state index is 0.0487. The van der Waals surface area contributed by atoms with E-state index in [0.717, 1.165) is 0 Å². The molecule has 11 heteroatoms. The second-order valence-corrected chi connectivity index (χ2v) is 9.32. The summed E-state index contributed by atoms with van der Waals surface area (Å²) in [5.74, 6) is -1.20. The van der Waals surface area contributed by atoms with Crippen LogP contribution in [0.2, 0.25) is 0 Å². The zero-order valence-corrected chi connectivity index (χ0v) is 20.1. The first-order valence-electron chi connectivity index (χ1n) is 10.7. The molecule has 0 unspecified atom stereocenters. The molecule has 2 aromatic rings. The quantitative estimate of drug-likeness (QED) is 0.507. The van der Waals surface area contributed by atoms with Gasteiger partial charge in [-0.15, -0.1) is 0 Å². The van der Waals surface area contributed by atoms with E-state index in [0.29, 0.717) is 44.0 Å². The summed E-state index contributed by atoms with van der Waals surface area (Å²) in [6.07, 6.45) is 1.09. The molecule has 34 heavy (non-hydrogen) atoms. The lowest BCUT2D eigenvalue weighted by Gasteiger charge is -2.33. The second-order valence-electron chi connectivity index (χ2n) is 7.67. The number of nitrogens with zero attached hydrogens (tertiary/aromatic N) is 1. The molecule has 3 rings (SSSR count). The van der Waals surface area contributed by atoms with Gasteiger partial charge in [-0.05, 0) is 50.1 Å². The number of rotatable bonds is 9. The molecule has 184 valence electrons. The molecule has 0 spiro atoms. The van der Waals surface area contributed by atoms with Crippen LogP contribution in [-0.2, 0) is 19.6 Å². The van der Waals surface area contributed by atoms with Crippen LogP contribution in [0.1, 0.15) is 30.1 Å². The number of aromatic carboxylic acids is 1. The molecule has 0 bridgehead atoms. The molecule has 0 saturated carbocycles. The van der Waals surface area contributed by atoms with Crippen LogP contribution in [0.4, 0.5) is 11.4 Å². The molecule has 0 amide bonds. The number of sulfonamides is 1. The number of nitrogens with one attached hydrogen (secondary N) is 1. The van der Waals surface area contributed by atoms with E-state index in [2.05, 4.69) is 4.72 Å². The predicted molar refractivity (Wildman–Crippen MR) is 125 cm³/mol. The summed E-state index contributed by atoms with van der Waals surface area (Å²) in [6.45, 7) is 3.04. The Morgan fingerprint density at radius 2 is 1.79 bits per heavy atom. The van der Waals surface area contributed by atoms with Gasteiger partial charge in [0.15, 0.2) is 0 Å². The minimum atomic E-state index is -4.10. The third-order valence-corrected chi connectivity index (χ3v) is 7.00. The van der Waals surface area contributed by atoms with Gasteiger partial charge in [-0.25, -0.2) is 13.2 Å². The van der Waals surface area contributed by atoms with Crippen molar-refractivity contribution >= 4 is 33.3 Å². The van der Waals surface area contributed by atoms with Crippen molar-refractivity contribution in [1.82, 2.24) is 0 Å². The van der Waals surface area contributed by atoms with Crippen molar-refractivity contribution < 1.29 is 37.3 Å². The normalized spacial score (nSPS) is 14.4. The van der Waals surface area contributed by atoms with Gasteiger partial charge in [-0.3, -0.25) is 9.52 Å². The van der Waals surface area contributed by atoms with Gasteiger partial charge < -0.3 is 24.2 Å². The maximum absolute atomic E-state index is 13.0. The molecule has 2 aromatic carbocycles. The number of ether oxygens (including phenoxy) is 3. The van der Waals surface area contributed by atoms with Crippen molar-refractivity contribution in [3.8, 4) is 11.5 Å². The van der Waals surface area contributed by atoms with Crippen molar-refractivity contribution in [1.29, 1.82) is 0 Å². The van der Waals surface area contributed by atoms with Crippen LogP contribution in [0, 0.1) is 5.92 Å². The molecule has 1 heterocycles. The molecule has 10 nitrogen and oxygen atoms in total. The van der Waals surface area contributed by atoms with Gasteiger partial charge in [0.1, 0.15) is 16.4 Å². The number of piperidine rings is 1. The largest absolute Gasteiger partial charge is 0.497 e. The van der Waals surface area contributed by atoms with Crippen molar-refractivity contribution in [3.63, 3.8) is 0 Å². The number of methoxy groups -OCH3 is 2. The standard InChI is InChI=1S/C23H28N2O8S/c1-4-33-23(28)15-9-11-25(12-10-15)19-7-5-16(13-18(19)22(26)27)24-34(29,30)21-14-17(31-2)6-8-20(21)32-3/h5-8,13-15,24H,4,9-12H2,1-3H3,(H,26,27). The lowest BCUT2D eigenvalue weighted by atomic mass is 9.96. The fourth-order valence-electron chi connectivity index (χ4n) is 3.87. The number of carboxylic acids is 1. The molecule has 0 aromatic heterocycles. The van der Waals surface area contributed by atoms with E-state index in [1.165, 1.54) is 38.5 Å². The summed E-state index contributed by atoms with van der Waals surface area (Å²) in [4.78, 5) is 25.7. The molecular weight excluding hydrogens is 464 g/mol. The van der Waals surface area contributed by atoms with Gasteiger partial charge in [0.05, 0.1) is 38.0 Å². The van der Waals surface area contributed by atoms with E-state index < -0.39 is 16.0 Å². The van der Waals surface area contributed by atoms with Gasteiger partial charge >= 0.3 is 11.9 Å². The van der Waals surface area contributed by atoms with Crippen LogP contribution in [0.25, 0.3) is 0 Å². The first kappa shape index (κ1) is 25.2.